The Hall–Kier alpha value is 0.187. The third kappa shape index (κ3) is 3.10. The van der Waals surface area contributed by atoms with Crippen molar-refractivity contribution in [2.45, 2.75) is 13.1 Å². The van der Waals surface area contributed by atoms with Gasteiger partial charge in [0.15, 0.2) is 0 Å². The largest absolute Gasteiger partial charge is 0.547 e. The van der Waals surface area contributed by atoms with Gasteiger partial charge in [-0.15, -0.1) is 0 Å². The average Bonchev–Trinajstić information content (AvgIpc) is 1.98. The van der Waals surface area contributed by atoms with Crippen LogP contribution in [0.25, 0.3) is 0 Å². The van der Waals surface area contributed by atoms with Crippen LogP contribution in [-0.2, 0) is 0 Å². The van der Waals surface area contributed by atoms with Gasteiger partial charge in [-0.25, -0.2) is 4.39 Å². The fourth-order valence-electron chi connectivity index (χ4n) is 0.872. The van der Waals surface area contributed by atoms with Crippen molar-refractivity contribution in [1.29, 1.82) is 0 Å². The van der Waals surface area contributed by atoms with Crippen LogP contribution in [0.5, 0.6) is 5.75 Å². The summed E-state index contributed by atoms with van der Waals surface area (Å²) < 4.78 is 19.0. The fraction of sp³-hybridized carbons (Fsp3) is 0.250. The highest BCUT2D eigenvalue weighted by atomic mass is 127. The highest BCUT2D eigenvalue weighted by Crippen LogP contribution is 2.27. The number of hydrogen-bond donors (Lipinski definition) is 0. The Labute approximate surface area is 97.1 Å². The molecule has 1 aromatic carbocycles. The van der Waals surface area contributed by atoms with Crippen molar-refractivity contribution in [3.05, 3.63) is 26.5 Å². The molecule has 1 nitrogen and oxygen atoms in total. The van der Waals surface area contributed by atoms with Gasteiger partial charge in [0, 0.05) is 6.07 Å². The molecule has 0 aliphatic carbocycles. The molecule has 5 heteroatoms. The van der Waals surface area contributed by atoms with Crippen LogP contribution in [0.1, 0.15) is 0 Å². The Kier molecular flexibility index (Phi) is 3.99. The molecule has 0 spiro atoms. The molecule has 0 radical (unpaired) electrons. The predicted molar refractivity (Wildman–Crippen MR) is 63.6 cm³/mol. The van der Waals surface area contributed by atoms with Crippen LogP contribution >= 0.6 is 34.2 Å². The van der Waals surface area contributed by atoms with Crippen molar-refractivity contribution in [3.63, 3.8) is 0 Å². The van der Waals surface area contributed by atoms with E-state index in [0.29, 0.717) is 14.3 Å². The molecule has 0 fully saturated rings. The smallest absolute Gasteiger partial charge is 0.229 e. The highest BCUT2D eigenvalue weighted by Gasteiger charge is 2.08. The van der Waals surface area contributed by atoms with E-state index in [9.17, 15) is 4.39 Å². The molecule has 72 valence electrons. The molecule has 0 saturated carbocycles. The van der Waals surface area contributed by atoms with Gasteiger partial charge in [-0.2, -0.15) is 0 Å². The maximum Gasteiger partial charge on any atom is 0.229 e. The van der Waals surface area contributed by atoms with Crippen LogP contribution in [0.4, 0.5) is 4.39 Å². The van der Waals surface area contributed by atoms with Gasteiger partial charge in [-0.05, 0) is 41.8 Å². The van der Waals surface area contributed by atoms with Gasteiger partial charge < -0.3 is 4.43 Å². The summed E-state index contributed by atoms with van der Waals surface area (Å²) in [4.78, 5) is 0. The second kappa shape index (κ2) is 4.61. The first kappa shape index (κ1) is 11.3. The van der Waals surface area contributed by atoms with Crippen molar-refractivity contribution < 1.29 is 8.82 Å². The minimum absolute atomic E-state index is 0.322. The zero-order valence-electron chi connectivity index (χ0n) is 7.27. The van der Waals surface area contributed by atoms with Crippen molar-refractivity contribution in [1.82, 2.24) is 0 Å². The van der Waals surface area contributed by atoms with Gasteiger partial charge in [0.1, 0.15) is 11.6 Å². The van der Waals surface area contributed by atoms with E-state index in [1.54, 1.807) is 6.07 Å². The SMILES string of the molecule is C[SiH](C)Oc1cc(F)c(I)c(Cl)c1. The molecular formula is C8H9ClFIOSi. The second-order valence-corrected chi connectivity index (χ2v) is 6.69. The molecule has 0 bridgehead atoms. The van der Waals surface area contributed by atoms with Crippen LogP contribution in [0, 0.1) is 9.39 Å². The van der Waals surface area contributed by atoms with Gasteiger partial charge in [0.05, 0.1) is 8.59 Å². The van der Waals surface area contributed by atoms with Crippen molar-refractivity contribution in [2.24, 2.45) is 0 Å². The quantitative estimate of drug-likeness (QED) is 0.458. The molecule has 1 rings (SSSR count). The van der Waals surface area contributed by atoms with Crippen LogP contribution in [0.2, 0.25) is 18.1 Å². The summed E-state index contributed by atoms with van der Waals surface area (Å²) in [6, 6.07) is 3.03. The zero-order valence-corrected chi connectivity index (χ0v) is 11.3. The van der Waals surface area contributed by atoms with E-state index in [1.807, 2.05) is 35.7 Å². The van der Waals surface area contributed by atoms with E-state index in [4.69, 9.17) is 16.0 Å². The molecule has 0 aliphatic rings. The molecular weight excluding hydrogens is 322 g/mol. The molecule has 0 atom stereocenters. The van der Waals surface area contributed by atoms with Gasteiger partial charge in [0.2, 0.25) is 9.04 Å². The normalized spacial score (nSPS) is 10.6. The molecule has 0 heterocycles. The van der Waals surface area contributed by atoms with Gasteiger partial charge in [-0.1, -0.05) is 11.6 Å². The standard InChI is InChI=1S/C8H9ClFIOSi/c1-13(2)12-5-3-6(9)8(11)7(10)4-5/h3-4,13H,1-2H3. The summed E-state index contributed by atoms with van der Waals surface area (Å²) in [5.41, 5.74) is 0. The number of halogens is 3. The van der Waals surface area contributed by atoms with Crippen molar-refractivity contribution in [2.75, 3.05) is 0 Å². The molecule has 1 aromatic rings. The molecule has 0 N–H and O–H groups in total. The Morgan fingerprint density at radius 3 is 2.54 bits per heavy atom. The average molecular weight is 331 g/mol. The topological polar surface area (TPSA) is 9.23 Å². The lowest BCUT2D eigenvalue weighted by molar-refractivity contribution is 0.560. The lowest BCUT2D eigenvalue weighted by atomic mass is 10.3. The molecule has 0 aliphatic heterocycles. The number of rotatable bonds is 2. The van der Waals surface area contributed by atoms with Gasteiger partial charge in [0.25, 0.3) is 0 Å². The van der Waals surface area contributed by atoms with Crippen LogP contribution in [0.15, 0.2) is 12.1 Å². The van der Waals surface area contributed by atoms with E-state index >= 15 is 0 Å². The van der Waals surface area contributed by atoms with Crippen LogP contribution in [0.3, 0.4) is 0 Å². The van der Waals surface area contributed by atoms with E-state index in [1.165, 1.54) is 6.07 Å². The molecule has 0 saturated heterocycles. The van der Waals surface area contributed by atoms with Crippen LogP contribution in [-0.4, -0.2) is 9.04 Å². The number of benzene rings is 1. The Morgan fingerprint density at radius 2 is 2.08 bits per heavy atom. The van der Waals surface area contributed by atoms with Gasteiger partial charge >= 0.3 is 0 Å². The first-order valence-corrected chi connectivity index (χ1v) is 8.05. The first-order valence-electron chi connectivity index (χ1n) is 3.82. The first-order chi connectivity index (χ1) is 6.00. The maximum atomic E-state index is 13.1. The monoisotopic (exact) mass is 330 g/mol. The summed E-state index contributed by atoms with van der Waals surface area (Å²) in [5, 5.41) is 0.408. The molecule has 0 amide bonds. The Balaban J connectivity index is 2.99. The predicted octanol–water partition coefficient (Wildman–Crippen LogP) is 3.45. The van der Waals surface area contributed by atoms with Crippen molar-refractivity contribution in [3.8, 4) is 5.75 Å². The molecule has 13 heavy (non-hydrogen) atoms. The van der Waals surface area contributed by atoms with Crippen LogP contribution < -0.4 is 4.43 Å². The summed E-state index contributed by atoms with van der Waals surface area (Å²) in [6.45, 7) is 4.04. The van der Waals surface area contributed by atoms with E-state index in [2.05, 4.69) is 0 Å². The van der Waals surface area contributed by atoms with Crippen molar-refractivity contribution >= 4 is 43.2 Å². The minimum Gasteiger partial charge on any atom is -0.547 e. The van der Waals surface area contributed by atoms with E-state index in [-0.39, 0.29) is 5.82 Å². The molecule has 0 aromatic heterocycles. The zero-order chi connectivity index (χ0) is 10.0. The minimum atomic E-state index is -1.18. The lowest BCUT2D eigenvalue weighted by Gasteiger charge is -2.10. The lowest BCUT2D eigenvalue weighted by Crippen LogP contribution is -2.11. The second-order valence-electron chi connectivity index (χ2n) is 2.87. The summed E-state index contributed by atoms with van der Waals surface area (Å²) in [6.07, 6.45) is 0. The molecule has 0 unspecified atom stereocenters. The van der Waals surface area contributed by atoms with E-state index in [0.717, 1.165) is 0 Å². The maximum absolute atomic E-state index is 13.1. The third-order valence-electron chi connectivity index (χ3n) is 1.33. The summed E-state index contributed by atoms with van der Waals surface area (Å²) >= 11 is 7.66. The Bertz CT molecular complexity index is 296. The van der Waals surface area contributed by atoms with Gasteiger partial charge in [-0.3, -0.25) is 0 Å². The number of hydrogen-bond acceptors (Lipinski definition) is 1. The van der Waals surface area contributed by atoms with E-state index < -0.39 is 9.04 Å². The third-order valence-corrected chi connectivity index (χ3v) is 3.79. The fourth-order valence-corrected chi connectivity index (χ4v) is 2.06. The Morgan fingerprint density at radius 1 is 1.46 bits per heavy atom. The highest BCUT2D eigenvalue weighted by molar-refractivity contribution is 14.1. The summed E-state index contributed by atoms with van der Waals surface area (Å²) in [5.74, 6) is 0.210. The summed E-state index contributed by atoms with van der Waals surface area (Å²) in [7, 11) is -1.18.